The molecule has 6 nitrogen and oxygen atoms in total. The Balaban J connectivity index is 1.53. The van der Waals surface area contributed by atoms with E-state index in [0.717, 1.165) is 75.6 Å². The van der Waals surface area contributed by atoms with Gasteiger partial charge in [-0.25, -0.2) is 0 Å². The van der Waals surface area contributed by atoms with Gasteiger partial charge in [0.15, 0.2) is 0 Å². The van der Waals surface area contributed by atoms with Crippen LogP contribution in [-0.4, -0.2) is 49.9 Å². The van der Waals surface area contributed by atoms with Crippen molar-refractivity contribution in [1.82, 2.24) is 0 Å². The van der Waals surface area contributed by atoms with Crippen molar-refractivity contribution in [2.75, 3.05) is 39.6 Å². The molecule has 0 atom stereocenters. The number of benzene rings is 4. The Morgan fingerprint density at radius 2 is 0.857 bits per heavy atom. The molecule has 8 heteroatoms. The van der Waals surface area contributed by atoms with Crippen LogP contribution in [0, 0.1) is 0 Å². The lowest BCUT2D eigenvalue weighted by molar-refractivity contribution is 0.0273. The van der Waals surface area contributed by atoms with Gasteiger partial charge < -0.3 is 29.2 Å². The van der Waals surface area contributed by atoms with Crippen LogP contribution in [0.5, 0.6) is 11.5 Å². The zero-order valence-electron chi connectivity index (χ0n) is 22.9. The van der Waals surface area contributed by atoms with Gasteiger partial charge in [-0.2, -0.15) is 0 Å². The van der Waals surface area contributed by atoms with Gasteiger partial charge in [-0.05, 0) is 94.1 Å². The van der Waals surface area contributed by atoms with Crippen LogP contribution in [0.4, 0.5) is 0 Å². The molecular formula is C34H30O6S2. The van der Waals surface area contributed by atoms with Crippen LogP contribution in [-0.2, 0) is 22.7 Å². The number of ether oxygens (including phenoxy) is 4. The maximum absolute atomic E-state index is 10.1. The summed E-state index contributed by atoms with van der Waals surface area (Å²) in [5, 5.41) is 20.2. The number of aliphatic hydroxyl groups excluding tert-OH is 2. The van der Waals surface area contributed by atoms with Crippen LogP contribution in [0.15, 0.2) is 92.4 Å². The fourth-order valence-electron chi connectivity index (χ4n) is 5.51. The highest BCUT2D eigenvalue weighted by molar-refractivity contribution is 8.00. The number of hydrogen-bond acceptors (Lipinski definition) is 8. The molecule has 2 N–H and O–H groups in total. The smallest absolute Gasteiger partial charge is 0.120 e. The fraction of sp³-hybridized carbons (Fsp3) is 0.235. The highest BCUT2D eigenvalue weighted by Gasteiger charge is 2.31. The third kappa shape index (κ3) is 5.35. The molecule has 0 aromatic heterocycles. The number of aliphatic hydroxyl groups is 2. The summed E-state index contributed by atoms with van der Waals surface area (Å²) in [6.07, 6.45) is 0. The summed E-state index contributed by atoms with van der Waals surface area (Å²) >= 11 is 3.44. The first kappa shape index (κ1) is 27.6. The molecule has 0 saturated carbocycles. The molecule has 0 fully saturated rings. The molecule has 0 unspecified atom stereocenters. The van der Waals surface area contributed by atoms with E-state index in [4.69, 9.17) is 18.9 Å². The SMILES string of the molecule is OCc1ccc2c(c1)/C1=C3/c4cc(CO)ccc4Sc4ccc(cc43)OCCOCCOCCOc3ccc(c1c3)S2. The lowest BCUT2D eigenvalue weighted by atomic mass is 9.84. The molecule has 3 heterocycles. The summed E-state index contributed by atoms with van der Waals surface area (Å²) in [7, 11) is 0. The minimum atomic E-state index is -0.0473. The topological polar surface area (TPSA) is 77.4 Å². The van der Waals surface area contributed by atoms with Crippen molar-refractivity contribution in [3.63, 3.8) is 0 Å². The molecular weight excluding hydrogens is 569 g/mol. The fourth-order valence-corrected chi connectivity index (χ4v) is 7.61. The average Bonchev–Trinajstić information content (AvgIpc) is 3.02. The van der Waals surface area contributed by atoms with Crippen molar-refractivity contribution in [2.24, 2.45) is 0 Å². The van der Waals surface area contributed by atoms with Crippen LogP contribution >= 0.6 is 23.5 Å². The van der Waals surface area contributed by atoms with Crippen molar-refractivity contribution < 1.29 is 29.2 Å². The van der Waals surface area contributed by atoms with Crippen LogP contribution in [0.2, 0.25) is 0 Å². The monoisotopic (exact) mass is 598 g/mol. The summed E-state index contributed by atoms with van der Waals surface area (Å²) < 4.78 is 23.7. The molecule has 4 aromatic rings. The van der Waals surface area contributed by atoms with Gasteiger partial charge in [0.25, 0.3) is 0 Å². The molecule has 7 rings (SSSR count). The first-order valence-corrected chi connectivity index (χ1v) is 15.6. The molecule has 42 heavy (non-hydrogen) atoms. The Labute approximate surface area is 253 Å². The average molecular weight is 599 g/mol. The maximum atomic E-state index is 10.1. The normalized spacial score (nSPS) is 18.0. The Hall–Kier alpha value is -3.24. The predicted molar refractivity (Wildman–Crippen MR) is 164 cm³/mol. The Kier molecular flexibility index (Phi) is 7.99. The summed E-state index contributed by atoms with van der Waals surface area (Å²) in [6.45, 7) is 2.68. The van der Waals surface area contributed by atoms with E-state index in [1.54, 1.807) is 23.5 Å². The molecule has 4 bridgehead atoms. The first-order chi connectivity index (χ1) is 20.7. The molecule has 3 aliphatic heterocycles. The van der Waals surface area contributed by atoms with E-state index < -0.39 is 0 Å². The van der Waals surface area contributed by atoms with Gasteiger partial charge in [0.2, 0.25) is 0 Å². The summed E-state index contributed by atoms with van der Waals surface area (Å²) in [5.74, 6) is 1.53. The Morgan fingerprint density at radius 1 is 0.476 bits per heavy atom. The minimum Gasteiger partial charge on any atom is -0.491 e. The van der Waals surface area contributed by atoms with E-state index in [0.29, 0.717) is 39.6 Å². The minimum absolute atomic E-state index is 0.0473. The first-order valence-electron chi connectivity index (χ1n) is 14.0. The third-order valence-corrected chi connectivity index (χ3v) is 9.79. The molecule has 0 radical (unpaired) electrons. The van der Waals surface area contributed by atoms with Gasteiger partial charge in [-0.15, -0.1) is 0 Å². The predicted octanol–water partition coefficient (Wildman–Crippen LogP) is 6.41. The van der Waals surface area contributed by atoms with E-state index in [9.17, 15) is 10.2 Å². The molecule has 214 valence electrons. The van der Waals surface area contributed by atoms with Gasteiger partial charge in [0.1, 0.15) is 24.7 Å². The van der Waals surface area contributed by atoms with Crippen molar-refractivity contribution in [3.8, 4) is 11.5 Å². The van der Waals surface area contributed by atoms with Gasteiger partial charge in [0, 0.05) is 30.7 Å². The molecule has 0 aliphatic carbocycles. The van der Waals surface area contributed by atoms with Crippen LogP contribution in [0.3, 0.4) is 0 Å². The zero-order chi connectivity index (χ0) is 28.5. The van der Waals surface area contributed by atoms with Crippen molar-refractivity contribution in [1.29, 1.82) is 0 Å². The Morgan fingerprint density at radius 3 is 1.29 bits per heavy atom. The van der Waals surface area contributed by atoms with Crippen molar-refractivity contribution in [3.05, 3.63) is 106 Å². The second-order valence-electron chi connectivity index (χ2n) is 10.2. The van der Waals surface area contributed by atoms with Gasteiger partial charge >= 0.3 is 0 Å². The molecule has 0 spiro atoms. The van der Waals surface area contributed by atoms with Crippen molar-refractivity contribution in [2.45, 2.75) is 32.8 Å². The summed E-state index contributed by atoms with van der Waals surface area (Å²) in [6, 6.07) is 24.8. The number of rotatable bonds is 2. The summed E-state index contributed by atoms with van der Waals surface area (Å²) in [4.78, 5) is 4.50. The van der Waals surface area contributed by atoms with Crippen LogP contribution in [0.1, 0.15) is 33.4 Å². The molecule has 0 amide bonds. The van der Waals surface area contributed by atoms with Crippen LogP contribution < -0.4 is 9.47 Å². The highest BCUT2D eigenvalue weighted by atomic mass is 32.2. The zero-order valence-corrected chi connectivity index (χ0v) is 24.6. The maximum Gasteiger partial charge on any atom is 0.120 e. The quantitative estimate of drug-likeness (QED) is 0.237. The number of fused-ring (bicyclic) bond motifs is 6. The van der Waals surface area contributed by atoms with Crippen LogP contribution in [0.25, 0.3) is 11.1 Å². The Bertz CT molecular complexity index is 1560. The molecule has 4 aromatic carbocycles. The second kappa shape index (κ2) is 12.2. The lowest BCUT2D eigenvalue weighted by Gasteiger charge is -2.30. The van der Waals surface area contributed by atoms with E-state index in [1.165, 1.54) is 0 Å². The lowest BCUT2D eigenvalue weighted by Crippen LogP contribution is -2.14. The standard InChI is InChI=1S/C34H30O6S2/c35-19-21-1-5-29-25(15-21)33-27-17-23(3-7-31(27)41-29)39-13-11-37-9-10-38-12-14-40-24-4-8-32-28(18-24)34(33)26-16-22(20-36)2-6-30(26)42-32/h1-8,15-18,35-36H,9-14,19-20H2/b34-33+. The van der Waals surface area contributed by atoms with E-state index in [1.807, 2.05) is 24.3 Å². The highest BCUT2D eigenvalue weighted by Crippen LogP contribution is 2.55. The molecule has 3 aliphatic rings. The molecule has 0 saturated heterocycles. The van der Waals surface area contributed by atoms with Gasteiger partial charge in [-0.3, -0.25) is 0 Å². The van der Waals surface area contributed by atoms with E-state index in [-0.39, 0.29) is 13.2 Å². The third-order valence-electron chi connectivity index (χ3n) is 7.49. The van der Waals surface area contributed by atoms with Gasteiger partial charge in [-0.1, -0.05) is 35.7 Å². The van der Waals surface area contributed by atoms with Gasteiger partial charge in [0.05, 0.1) is 39.6 Å². The largest absolute Gasteiger partial charge is 0.491 e. The van der Waals surface area contributed by atoms with E-state index in [2.05, 4.69) is 48.5 Å². The second-order valence-corrected chi connectivity index (χ2v) is 12.3. The van der Waals surface area contributed by atoms with E-state index >= 15 is 0 Å². The summed E-state index contributed by atoms with van der Waals surface area (Å²) in [5.41, 5.74) is 8.07. The number of hydrogen-bond donors (Lipinski definition) is 2. The van der Waals surface area contributed by atoms with Crippen molar-refractivity contribution >= 4 is 34.7 Å².